The minimum absolute atomic E-state index is 0.188. The predicted octanol–water partition coefficient (Wildman–Crippen LogP) is 4.00. The fourth-order valence-corrected chi connectivity index (χ4v) is 2.97. The van der Waals surface area contributed by atoms with Crippen molar-refractivity contribution in [2.24, 2.45) is 0 Å². The lowest BCUT2D eigenvalue weighted by molar-refractivity contribution is -0.142. The van der Waals surface area contributed by atoms with Crippen molar-refractivity contribution in [1.82, 2.24) is 9.55 Å². The molecule has 1 unspecified atom stereocenters. The Kier molecular flexibility index (Phi) is 4.72. The highest BCUT2D eigenvalue weighted by Crippen LogP contribution is 2.32. The molecule has 1 aromatic heterocycles. The van der Waals surface area contributed by atoms with Gasteiger partial charge < -0.3 is 9.30 Å². The molecule has 10 heteroatoms. The zero-order chi connectivity index (χ0) is 19.1. The Bertz CT molecular complexity index is 866. The number of rotatable bonds is 3. The molecule has 0 aliphatic carbocycles. The summed E-state index contributed by atoms with van der Waals surface area (Å²) in [5.74, 6) is 0. The molecule has 3 rings (SSSR count). The Labute approximate surface area is 143 Å². The molecule has 0 N–H and O–H groups in total. The van der Waals surface area contributed by atoms with Gasteiger partial charge >= 0.3 is 12.4 Å². The van der Waals surface area contributed by atoms with Crippen molar-refractivity contribution in [3.8, 4) is 0 Å². The number of hydrogen-bond acceptors (Lipinski definition) is 3. The van der Waals surface area contributed by atoms with Gasteiger partial charge in [0.15, 0.2) is 0 Å². The van der Waals surface area contributed by atoms with Gasteiger partial charge in [0, 0.05) is 13.2 Å². The van der Waals surface area contributed by atoms with E-state index < -0.39 is 29.2 Å². The lowest BCUT2D eigenvalue weighted by Crippen LogP contribution is -2.31. The quantitative estimate of drug-likeness (QED) is 0.756. The molecular formula is C16H14F6N2O2. The van der Waals surface area contributed by atoms with E-state index in [2.05, 4.69) is 4.98 Å². The summed E-state index contributed by atoms with van der Waals surface area (Å²) in [6.45, 7) is 0.329. The minimum atomic E-state index is -5.00. The Morgan fingerprint density at radius 2 is 1.88 bits per heavy atom. The summed E-state index contributed by atoms with van der Waals surface area (Å²) in [4.78, 5) is 15.5. The van der Waals surface area contributed by atoms with Gasteiger partial charge in [0.1, 0.15) is 0 Å². The van der Waals surface area contributed by atoms with Crippen LogP contribution >= 0.6 is 0 Å². The van der Waals surface area contributed by atoms with E-state index in [1.54, 1.807) is 0 Å². The number of benzene rings is 1. The Balaban J connectivity index is 2.14. The summed E-state index contributed by atoms with van der Waals surface area (Å²) in [6, 6.07) is 2.14. The van der Waals surface area contributed by atoms with Crippen LogP contribution in [0, 0.1) is 0 Å². The van der Waals surface area contributed by atoms with Gasteiger partial charge in [-0.3, -0.25) is 4.79 Å². The van der Waals surface area contributed by atoms with E-state index in [1.165, 1.54) is 0 Å². The zero-order valence-electron chi connectivity index (χ0n) is 13.3. The third kappa shape index (κ3) is 3.69. The van der Waals surface area contributed by atoms with Gasteiger partial charge in [0.05, 0.1) is 22.7 Å². The van der Waals surface area contributed by atoms with E-state index >= 15 is 0 Å². The Morgan fingerprint density at radius 1 is 1.15 bits per heavy atom. The number of hydrogen-bond donors (Lipinski definition) is 0. The van der Waals surface area contributed by atoms with Gasteiger partial charge in [-0.25, -0.2) is 4.98 Å². The second-order valence-electron chi connectivity index (χ2n) is 6.04. The first kappa shape index (κ1) is 18.7. The van der Waals surface area contributed by atoms with Crippen LogP contribution in [0.25, 0.3) is 11.0 Å². The van der Waals surface area contributed by atoms with Gasteiger partial charge in [-0.05, 0) is 37.5 Å². The molecule has 4 nitrogen and oxygen atoms in total. The van der Waals surface area contributed by atoms with Crippen molar-refractivity contribution in [1.29, 1.82) is 0 Å². The molecule has 26 heavy (non-hydrogen) atoms. The molecule has 1 aliphatic rings. The number of halogens is 6. The number of ether oxygens (including phenoxy) is 1. The topological polar surface area (TPSA) is 44.1 Å². The highest BCUT2D eigenvalue weighted by atomic mass is 19.4. The van der Waals surface area contributed by atoms with Gasteiger partial charge in [-0.2, -0.15) is 26.3 Å². The van der Waals surface area contributed by atoms with Crippen LogP contribution in [-0.2, 0) is 23.6 Å². The van der Waals surface area contributed by atoms with Crippen molar-refractivity contribution in [3.05, 3.63) is 39.8 Å². The van der Waals surface area contributed by atoms with Crippen molar-refractivity contribution in [3.63, 3.8) is 0 Å². The average Bonchev–Trinajstić information content (AvgIpc) is 3.04. The maximum Gasteiger partial charge on any atom is 0.438 e. The second-order valence-corrected chi connectivity index (χ2v) is 6.04. The van der Waals surface area contributed by atoms with Crippen molar-refractivity contribution in [2.75, 3.05) is 6.61 Å². The normalized spacial score (nSPS) is 18.6. The van der Waals surface area contributed by atoms with E-state index in [9.17, 15) is 31.1 Å². The maximum atomic E-state index is 13.1. The highest BCUT2D eigenvalue weighted by Gasteiger charge is 2.38. The van der Waals surface area contributed by atoms with E-state index in [0.29, 0.717) is 29.7 Å². The smallest absolute Gasteiger partial charge is 0.378 e. The molecule has 2 heterocycles. The molecule has 0 spiro atoms. The number of nitrogens with zero attached hydrogens (tertiary/aromatic N) is 2. The molecule has 2 aromatic rings. The largest absolute Gasteiger partial charge is 0.438 e. The van der Waals surface area contributed by atoms with Gasteiger partial charge in [-0.1, -0.05) is 0 Å². The van der Waals surface area contributed by atoms with E-state index in [0.717, 1.165) is 12.5 Å². The van der Waals surface area contributed by atoms with E-state index in [-0.39, 0.29) is 30.1 Å². The third-order valence-corrected chi connectivity index (χ3v) is 4.24. The molecule has 1 saturated heterocycles. The van der Waals surface area contributed by atoms with E-state index in [1.807, 2.05) is 0 Å². The van der Waals surface area contributed by atoms with Gasteiger partial charge in [0.25, 0.3) is 5.56 Å². The molecule has 1 atom stereocenters. The number of alkyl halides is 6. The van der Waals surface area contributed by atoms with Crippen LogP contribution in [0.15, 0.2) is 23.0 Å². The lowest BCUT2D eigenvalue weighted by Gasteiger charge is -2.17. The molecule has 0 saturated carbocycles. The Hall–Kier alpha value is -2.10. The van der Waals surface area contributed by atoms with E-state index in [4.69, 9.17) is 4.74 Å². The SMILES string of the molecule is O=c1c(C(F)(F)F)nc2ccc(C(F)(F)F)cc2n1CCC1CCCO1. The van der Waals surface area contributed by atoms with Crippen LogP contribution < -0.4 is 5.56 Å². The first-order valence-corrected chi connectivity index (χ1v) is 7.88. The molecule has 142 valence electrons. The van der Waals surface area contributed by atoms with Crippen LogP contribution in [-0.4, -0.2) is 22.3 Å². The molecule has 1 aliphatic heterocycles. The number of fused-ring (bicyclic) bond motifs is 1. The van der Waals surface area contributed by atoms with Crippen molar-refractivity contribution < 1.29 is 31.1 Å². The predicted molar refractivity (Wildman–Crippen MR) is 79.6 cm³/mol. The maximum absolute atomic E-state index is 13.1. The second kappa shape index (κ2) is 6.57. The third-order valence-electron chi connectivity index (χ3n) is 4.24. The molecule has 0 radical (unpaired) electrons. The average molecular weight is 380 g/mol. The van der Waals surface area contributed by atoms with Gasteiger partial charge in [-0.15, -0.1) is 0 Å². The first-order valence-electron chi connectivity index (χ1n) is 7.88. The highest BCUT2D eigenvalue weighted by molar-refractivity contribution is 5.76. The first-order chi connectivity index (χ1) is 12.1. The van der Waals surface area contributed by atoms with Crippen LogP contribution in [0.3, 0.4) is 0 Å². The number of aromatic nitrogens is 2. The molecular weight excluding hydrogens is 366 g/mol. The summed E-state index contributed by atoms with van der Waals surface area (Å²) >= 11 is 0. The zero-order valence-corrected chi connectivity index (χ0v) is 13.3. The van der Waals surface area contributed by atoms with Crippen LogP contribution in [0.5, 0.6) is 0 Å². The molecule has 0 amide bonds. The fourth-order valence-electron chi connectivity index (χ4n) is 2.97. The lowest BCUT2D eigenvalue weighted by atomic mass is 10.1. The van der Waals surface area contributed by atoms with Crippen LogP contribution in [0.2, 0.25) is 0 Å². The summed E-state index contributed by atoms with van der Waals surface area (Å²) < 4.78 is 84.2. The summed E-state index contributed by atoms with van der Waals surface area (Å²) in [6.07, 6.45) is -8.20. The summed E-state index contributed by atoms with van der Waals surface area (Å²) in [7, 11) is 0. The standard InChI is InChI=1S/C16H14F6N2O2/c17-15(18,19)9-3-4-11-12(8-9)24(6-5-10-2-1-7-26-10)14(25)13(23-11)16(20,21)22/h3-4,8,10H,1-2,5-7H2. The summed E-state index contributed by atoms with van der Waals surface area (Å²) in [5.41, 5.74) is -4.76. The minimum Gasteiger partial charge on any atom is -0.378 e. The van der Waals surface area contributed by atoms with Crippen LogP contribution in [0.1, 0.15) is 30.5 Å². The molecule has 1 aromatic carbocycles. The van der Waals surface area contributed by atoms with Gasteiger partial charge in [0.2, 0.25) is 5.69 Å². The van der Waals surface area contributed by atoms with Crippen molar-refractivity contribution in [2.45, 2.75) is 44.3 Å². The van der Waals surface area contributed by atoms with Crippen molar-refractivity contribution >= 4 is 11.0 Å². The molecule has 1 fully saturated rings. The Morgan fingerprint density at radius 3 is 2.46 bits per heavy atom. The van der Waals surface area contributed by atoms with Crippen LogP contribution in [0.4, 0.5) is 26.3 Å². The monoisotopic (exact) mass is 380 g/mol. The number of aryl methyl sites for hydroxylation is 1. The summed E-state index contributed by atoms with van der Waals surface area (Å²) in [5, 5.41) is 0. The molecule has 0 bridgehead atoms. The fraction of sp³-hybridized carbons (Fsp3) is 0.500.